The summed E-state index contributed by atoms with van der Waals surface area (Å²) in [6.07, 6.45) is 1.84. The van der Waals surface area contributed by atoms with Gasteiger partial charge in [-0.2, -0.15) is 0 Å². The number of H-pyrrole nitrogens is 1. The van der Waals surface area contributed by atoms with Crippen molar-refractivity contribution in [2.75, 3.05) is 18.8 Å². The molecular formula is C23H32N6O3S. The molecule has 0 spiro atoms. The summed E-state index contributed by atoms with van der Waals surface area (Å²) in [5.41, 5.74) is 2.73. The van der Waals surface area contributed by atoms with Crippen molar-refractivity contribution in [2.24, 2.45) is 0 Å². The van der Waals surface area contributed by atoms with Crippen molar-refractivity contribution in [1.29, 1.82) is 0 Å². The molecule has 3 aromatic rings. The first-order valence-corrected chi connectivity index (χ1v) is 13.1. The zero-order valence-electron chi connectivity index (χ0n) is 19.7. The molecular weight excluding hydrogens is 440 g/mol. The standard InChI is InChI=1S/C23H32N6O3S/c1-5-14-33(31,32)28-12-10-17(11-13-28)20-24-21-19(22(30)25-20)26-27-29(21)15-16-6-8-18(9-7-16)23(2,3)4/h6-9,17H,5,10-15H2,1-4H3,(H,24,25,30). The third-order valence-electron chi connectivity index (χ3n) is 6.24. The molecule has 0 unspecified atom stereocenters. The maximum Gasteiger partial charge on any atom is 0.281 e. The number of fused-ring (bicyclic) bond motifs is 1. The summed E-state index contributed by atoms with van der Waals surface area (Å²) < 4.78 is 27.9. The summed E-state index contributed by atoms with van der Waals surface area (Å²) in [6, 6.07) is 8.35. The highest BCUT2D eigenvalue weighted by atomic mass is 32.2. The van der Waals surface area contributed by atoms with Crippen LogP contribution in [0.1, 0.15) is 69.8 Å². The van der Waals surface area contributed by atoms with E-state index < -0.39 is 10.0 Å². The Morgan fingerprint density at radius 1 is 1.12 bits per heavy atom. The Hall–Kier alpha value is -2.59. The van der Waals surface area contributed by atoms with Gasteiger partial charge >= 0.3 is 0 Å². The molecule has 1 saturated heterocycles. The van der Waals surface area contributed by atoms with E-state index in [2.05, 4.69) is 60.3 Å². The molecule has 0 bridgehead atoms. The third-order valence-corrected chi connectivity index (χ3v) is 8.32. The molecule has 10 heteroatoms. The fourth-order valence-electron chi connectivity index (χ4n) is 4.26. The molecule has 0 amide bonds. The number of benzene rings is 1. The van der Waals surface area contributed by atoms with Gasteiger partial charge in [-0.25, -0.2) is 22.4 Å². The van der Waals surface area contributed by atoms with Crippen LogP contribution in [0.25, 0.3) is 11.2 Å². The van der Waals surface area contributed by atoms with Gasteiger partial charge in [0.1, 0.15) is 5.82 Å². The van der Waals surface area contributed by atoms with Crippen molar-refractivity contribution in [2.45, 2.75) is 64.8 Å². The smallest absolute Gasteiger partial charge is 0.281 e. The summed E-state index contributed by atoms with van der Waals surface area (Å²) in [5.74, 6) is 0.733. The van der Waals surface area contributed by atoms with Gasteiger partial charge in [0.2, 0.25) is 10.0 Å². The van der Waals surface area contributed by atoms with Gasteiger partial charge in [-0.05, 0) is 35.8 Å². The molecule has 4 rings (SSSR count). The van der Waals surface area contributed by atoms with Crippen LogP contribution in [0.3, 0.4) is 0 Å². The van der Waals surface area contributed by atoms with Gasteiger partial charge in [0.25, 0.3) is 5.56 Å². The van der Waals surface area contributed by atoms with Crippen molar-refractivity contribution in [3.8, 4) is 0 Å². The van der Waals surface area contributed by atoms with Gasteiger partial charge in [-0.3, -0.25) is 4.79 Å². The maximum atomic E-state index is 12.7. The highest BCUT2D eigenvalue weighted by molar-refractivity contribution is 7.89. The lowest BCUT2D eigenvalue weighted by atomic mass is 9.87. The van der Waals surface area contributed by atoms with Gasteiger partial charge in [-0.1, -0.05) is 57.2 Å². The minimum Gasteiger partial charge on any atom is -0.308 e. The minimum atomic E-state index is -3.21. The highest BCUT2D eigenvalue weighted by Gasteiger charge is 2.29. The van der Waals surface area contributed by atoms with Crippen molar-refractivity contribution in [1.82, 2.24) is 29.3 Å². The van der Waals surface area contributed by atoms with Crippen LogP contribution in [0, 0.1) is 0 Å². The summed E-state index contributed by atoms with van der Waals surface area (Å²) in [4.78, 5) is 20.2. The zero-order valence-corrected chi connectivity index (χ0v) is 20.5. The molecule has 1 N–H and O–H groups in total. The van der Waals surface area contributed by atoms with E-state index in [9.17, 15) is 13.2 Å². The van der Waals surface area contributed by atoms with Gasteiger partial charge in [0.05, 0.1) is 12.3 Å². The Bertz CT molecular complexity index is 1280. The molecule has 1 aliphatic heterocycles. The topological polar surface area (TPSA) is 114 Å². The monoisotopic (exact) mass is 472 g/mol. The molecule has 33 heavy (non-hydrogen) atoms. The Morgan fingerprint density at radius 2 is 1.79 bits per heavy atom. The van der Waals surface area contributed by atoms with Crippen LogP contribution >= 0.6 is 0 Å². The lowest BCUT2D eigenvalue weighted by molar-refractivity contribution is 0.313. The van der Waals surface area contributed by atoms with Crippen molar-refractivity contribution in [3.05, 3.63) is 51.6 Å². The number of hydrogen-bond acceptors (Lipinski definition) is 6. The predicted molar refractivity (Wildman–Crippen MR) is 128 cm³/mol. The fraction of sp³-hybridized carbons (Fsp3) is 0.565. The molecule has 2 aromatic heterocycles. The van der Waals surface area contributed by atoms with Crippen molar-refractivity contribution < 1.29 is 8.42 Å². The van der Waals surface area contributed by atoms with Crippen molar-refractivity contribution >= 4 is 21.2 Å². The quantitative estimate of drug-likeness (QED) is 0.590. The molecule has 0 atom stereocenters. The van der Waals surface area contributed by atoms with Crippen molar-refractivity contribution in [3.63, 3.8) is 0 Å². The molecule has 178 valence electrons. The first-order valence-electron chi connectivity index (χ1n) is 11.5. The van der Waals surface area contributed by atoms with E-state index in [1.807, 2.05) is 6.92 Å². The Labute approximate surface area is 194 Å². The van der Waals surface area contributed by atoms with Crippen LogP contribution < -0.4 is 5.56 Å². The third kappa shape index (κ3) is 5.01. The Morgan fingerprint density at radius 3 is 2.39 bits per heavy atom. The second-order valence-electron chi connectivity index (χ2n) is 9.81. The maximum absolute atomic E-state index is 12.7. The summed E-state index contributed by atoms with van der Waals surface area (Å²) in [6.45, 7) is 9.73. The van der Waals surface area contributed by atoms with Crippen LogP contribution in [0.4, 0.5) is 0 Å². The molecule has 3 heterocycles. The largest absolute Gasteiger partial charge is 0.308 e. The van der Waals surface area contributed by atoms with E-state index in [4.69, 9.17) is 4.98 Å². The van der Waals surface area contributed by atoms with Gasteiger partial charge in [0, 0.05) is 19.0 Å². The normalized spacial score (nSPS) is 16.5. The average molecular weight is 473 g/mol. The van der Waals surface area contributed by atoms with Gasteiger partial charge in [-0.15, -0.1) is 5.10 Å². The van der Waals surface area contributed by atoms with Gasteiger partial charge < -0.3 is 4.98 Å². The Balaban J connectivity index is 1.55. The number of sulfonamides is 1. The van der Waals surface area contributed by atoms with Crippen LogP contribution in [-0.2, 0) is 22.0 Å². The lowest BCUT2D eigenvalue weighted by Crippen LogP contribution is -2.39. The highest BCUT2D eigenvalue weighted by Crippen LogP contribution is 2.27. The summed E-state index contributed by atoms with van der Waals surface area (Å²) in [7, 11) is -3.21. The average Bonchev–Trinajstić information content (AvgIpc) is 3.17. The zero-order chi connectivity index (χ0) is 23.8. The van der Waals surface area contributed by atoms with E-state index in [-0.39, 0.29) is 28.2 Å². The number of rotatable bonds is 6. The molecule has 0 aliphatic carbocycles. The van der Waals surface area contributed by atoms with Gasteiger partial charge in [0.15, 0.2) is 11.2 Å². The summed E-state index contributed by atoms with van der Waals surface area (Å²) in [5, 5.41) is 8.21. The number of hydrogen-bond donors (Lipinski definition) is 1. The molecule has 1 aromatic carbocycles. The second-order valence-corrected chi connectivity index (χ2v) is 11.9. The number of nitrogens with one attached hydrogen (secondary N) is 1. The second kappa shape index (κ2) is 8.98. The fourth-order valence-corrected chi connectivity index (χ4v) is 5.80. The molecule has 0 saturated carbocycles. The van der Waals surface area contributed by atoms with Crippen LogP contribution in [-0.4, -0.2) is 56.5 Å². The van der Waals surface area contributed by atoms with E-state index in [1.165, 1.54) is 5.56 Å². The molecule has 0 radical (unpaired) electrons. The molecule has 9 nitrogen and oxygen atoms in total. The minimum absolute atomic E-state index is 0.00963. The number of nitrogens with zero attached hydrogens (tertiary/aromatic N) is 5. The summed E-state index contributed by atoms with van der Waals surface area (Å²) >= 11 is 0. The molecule has 1 fully saturated rings. The van der Waals surface area contributed by atoms with E-state index in [0.717, 1.165) is 5.56 Å². The SMILES string of the molecule is CCCS(=O)(=O)N1CCC(c2nc3c(nnn3Cc3ccc(C(C)(C)C)cc3)c(=O)[nH]2)CC1. The Kier molecular flexibility index (Phi) is 6.41. The predicted octanol–water partition coefficient (Wildman–Crippen LogP) is 2.78. The number of aromatic amines is 1. The van der Waals surface area contributed by atoms with E-state index >= 15 is 0 Å². The lowest BCUT2D eigenvalue weighted by Gasteiger charge is -2.30. The van der Waals surface area contributed by atoms with Crippen LogP contribution in [0.2, 0.25) is 0 Å². The number of aromatic nitrogens is 5. The first-order chi connectivity index (χ1) is 15.6. The van der Waals surface area contributed by atoms with Crippen LogP contribution in [0.15, 0.2) is 29.1 Å². The number of piperidine rings is 1. The van der Waals surface area contributed by atoms with E-state index in [0.29, 0.717) is 50.4 Å². The van der Waals surface area contributed by atoms with E-state index in [1.54, 1.807) is 8.99 Å². The first kappa shape index (κ1) is 23.6. The molecule has 1 aliphatic rings. The van der Waals surface area contributed by atoms with Crippen LogP contribution in [0.5, 0.6) is 0 Å².